The Hall–Kier alpha value is -2.47. The zero-order valence-electron chi connectivity index (χ0n) is 15.8. The highest BCUT2D eigenvalue weighted by molar-refractivity contribution is 5.91. The molecule has 0 spiro atoms. The van der Waals surface area contributed by atoms with Gasteiger partial charge in [-0.25, -0.2) is 0 Å². The second-order valence-corrected chi connectivity index (χ2v) is 7.25. The van der Waals surface area contributed by atoms with Gasteiger partial charge in [0, 0.05) is 46.8 Å². The smallest absolute Gasteiger partial charge is 0.273 e. The summed E-state index contributed by atoms with van der Waals surface area (Å²) in [6.07, 6.45) is 0. The number of anilines is 1. The predicted octanol–water partition coefficient (Wildman–Crippen LogP) is 2.14. The molecule has 0 saturated carbocycles. The van der Waals surface area contributed by atoms with E-state index in [0.29, 0.717) is 11.6 Å². The quantitative estimate of drug-likeness (QED) is 0.843. The number of carbonyl (C=O) groups excluding carboxylic acids is 1. The molecule has 1 aromatic heterocycles. The highest BCUT2D eigenvalue weighted by Gasteiger charge is 2.21. The Labute approximate surface area is 155 Å². The maximum absolute atomic E-state index is 12.0. The van der Waals surface area contributed by atoms with Gasteiger partial charge in [-0.2, -0.15) is 0 Å². The average molecular weight is 353 g/mol. The fraction of sp³-hybridized carbons (Fsp3) is 0.450. The molecule has 6 nitrogen and oxygen atoms in total. The summed E-state index contributed by atoms with van der Waals surface area (Å²) in [5, 5.41) is 8.42. The van der Waals surface area contributed by atoms with Crippen LogP contribution in [0.25, 0.3) is 0 Å². The van der Waals surface area contributed by atoms with E-state index >= 15 is 0 Å². The Morgan fingerprint density at radius 3 is 2.50 bits per heavy atom. The molecule has 1 aliphatic heterocycles. The van der Waals surface area contributed by atoms with Gasteiger partial charge < -0.3 is 9.80 Å². The van der Waals surface area contributed by atoms with Crippen LogP contribution in [0.15, 0.2) is 42.5 Å². The molecule has 3 rings (SSSR count). The first-order valence-corrected chi connectivity index (χ1v) is 9.09. The topological polar surface area (TPSA) is 52.6 Å². The molecule has 2 aromatic rings. The van der Waals surface area contributed by atoms with Crippen molar-refractivity contribution in [3.63, 3.8) is 0 Å². The maximum Gasteiger partial charge on any atom is 0.273 e. The van der Waals surface area contributed by atoms with E-state index in [1.54, 1.807) is 20.2 Å². The van der Waals surface area contributed by atoms with Gasteiger partial charge in [-0.05, 0) is 23.6 Å². The number of amides is 1. The molecule has 1 unspecified atom stereocenters. The van der Waals surface area contributed by atoms with E-state index in [1.165, 1.54) is 10.5 Å². The van der Waals surface area contributed by atoms with E-state index in [1.807, 2.05) is 6.07 Å². The third-order valence-electron chi connectivity index (χ3n) is 4.64. The van der Waals surface area contributed by atoms with Crippen molar-refractivity contribution in [2.75, 3.05) is 45.2 Å². The van der Waals surface area contributed by atoms with Gasteiger partial charge in [-0.1, -0.05) is 37.3 Å². The largest absolute Gasteiger partial charge is 0.354 e. The van der Waals surface area contributed by atoms with E-state index in [9.17, 15) is 4.79 Å². The minimum Gasteiger partial charge on any atom is -0.354 e. The molecular formula is C20H27N5O. The van der Waals surface area contributed by atoms with Crippen molar-refractivity contribution in [2.45, 2.75) is 13.5 Å². The number of hydrogen-bond acceptors (Lipinski definition) is 5. The lowest BCUT2D eigenvalue weighted by atomic mass is 10.1. The molecule has 1 aliphatic rings. The van der Waals surface area contributed by atoms with Crippen molar-refractivity contribution >= 4 is 11.7 Å². The number of carbonyl (C=O) groups is 1. The minimum absolute atomic E-state index is 0.123. The summed E-state index contributed by atoms with van der Waals surface area (Å²) < 4.78 is 0. The van der Waals surface area contributed by atoms with Gasteiger partial charge in [0.25, 0.3) is 5.91 Å². The molecule has 0 N–H and O–H groups in total. The van der Waals surface area contributed by atoms with Crippen molar-refractivity contribution < 1.29 is 4.79 Å². The molecule has 138 valence electrons. The first-order chi connectivity index (χ1) is 12.5. The fourth-order valence-electron chi connectivity index (χ4n) is 3.35. The van der Waals surface area contributed by atoms with Crippen LogP contribution in [0.4, 0.5) is 5.82 Å². The minimum atomic E-state index is -0.123. The lowest BCUT2D eigenvalue weighted by Gasteiger charge is -2.22. The van der Waals surface area contributed by atoms with Crippen LogP contribution in [-0.4, -0.2) is 66.2 Å². The first kappa shape index (κ1) is 18.3. The molecule has 1 amide bonds. The monoisotopic (exact) mass is 353 g/mol. The summed E-state index contributed by atoms with van der Waals surface area (Å²) in [7, 11) is 3.44. The van der Waals surface area contributed by atoms with Gasteiger partial charge in [0.15, 0.2) is 11.5 Å². The summed E-state index contributed by atoms with van der Waals surface area (Å²) in [5.74, 6) is 1.25. The van der Waals surface area contributed by atoms with Crippen molar-refractivity contribution in [3.8, 4) is 0 Å². The Morgan fingerprint density at radius 1 is 1.08 bits per heavy atom. The van der Waals surface area contributed by atoms with Gasteiger partial charge >= 0.3 is 0 Å². The number of hydrogen-bond donors (Lipinski definition) is 0. The van der Waals surface area contributed by atoms with Crippen LogP contribution in [0.2, 0.25) is 0 Å². The second-order valence-electron chi connectivity index (χ2n) is 7.25. The number of aromatic nitrogens is 2. The zero-order chi connectivity index (χ0) is 18.5. The number of nitrogens with zero attached hydrogens (tertiary/aromatic N) is 5. The van der Waals surface area contributed by atoms with Gasteiger partial charge in [0.2, 0.25) is 0 Å². The van der Waals surface area contributed by atoms with Crippen LogP contribution in [0, 0.1) is 5.92 Å². The fourth-order valence-corrected chi connectivity index (χ4v) is 3.35. The summed E-state index contributed by atoms with van der Waals surface area (Å²) >= 11 is 0. The van der Waals surface area contributed by atoms with Crippen LogP contribution in [0.3, 0.4) is 0 Å². The van der Waals surface area contributed by atoms with Crippen molar-refractivity contribution in [3.05, 3.63) is 53.7 Å². The zero-order valence-corrected chi connectivity index (χ0v) is 15.8. The SMILES string of the molecule is CC1CN(Cc2ccccc2)CCN(c2ccc(C(=O)N(C)C)nn2)C1. The maximum atomic E-state index is 12.0. The molecule has 1 atom stereocenters. The Balaban J connectivity index is 1.65. The lowest BCUT2D eigenvalue weighted by molar-refractivity contribution is 0.0821. The Morgan fingerprint density at radius 2 is 1.85 bits per heavy atom. The lowest BCUT2D eigenvalue weighted by Crippen LogP contribution is -2.31. The molecule has 2 heterocycles. The second kappa shape index (κ2) is 8.27. The average Bonchev–Trinajstić information content (AvgIpc) is 2.83. The van der Waals surface area contributed by atoms with Crippen molar-refractivity contribution in [1.29, 1.82) is 0 Å². The summed E-state index contributed by atoms with van der Waals surface area (Å²) in [6.45, 7) is 7.15. The van der Waals surface area contributed by atoms with E-state index in [4.69, 9.17) is 0 Å². The Bertz CT molecular complexity index is 717. The van der Waals surface area contributed by atoms with Crippen LogP contribution in [-0.2, 0) is 6.54 Å². The van der Waals surface area contributed by atoms with Crippen molar-refractivity contribution in [2.24, 2.45) is 5.92 Å². The number of rotatable bonds is 4. The van der Waals surface area contributed by atoms with Gasteiger partial charge in [0.1, 0.15) is 0 Å². The highest BCUT2D eigenvalue weighted by atomic mass is 16.2. The molecule has 1 aromatic carbocycles. The molecule has 0 radical (unpaired) electrons. The Kier molecular flexibility index (Phi) is 5.83. The molecule has 6 heteroatoms. The molecule has 26 heavy (non-hydrogen) atoms. The van der Waals surface area contributed by atoms with E-state index in [2.05, 4.69) is 57.3 Å². The van der Waals surface area contributed by atoms with Crippen LogP contribution >= 0.6 is 0 Å². The molecule has 0 aliphatic carbocycles. The molecule has 1 fully saturated rings. The third kappa shape index (κ3) is 4.58. The van der Waals surface area contributed by atoms with Crippen molar-refractivity contribution in [1.82, 2.24) is 20.0 Å². The normalized spacial score (nSPS) is 18.4. The highest BCUT2D eigenvalue weighted by Crippen LogP contribution is 2.18. The predicted molar refractivity (Wildman–Crippen MR) is 103 cm³/mol. The molecule has 0 bridgehead atoms. The summed E-state index contributed by atoms with van der Waals surface area (Å²) in [5.41, 5.74) is 1.73. The standard InChI is InChI=1S/C20H27N5O/c1-16-13-24(15-17-7-5-4-6-8-17)11-12-25(14-16)19-10-9-18(21-22-19)20(26)23(2)3/h4-10,16H,11-15H2,1-3H3. The summed E-state index contributed by atoms with van der Waals surface area (Å²) in [6, 6.07) is 14.3. The van der Waals surface area contributed by atoms with E-state index in [0.717, 1.165) is 38.5 Å². The van der Waals surface area contributed by atoms with Crippen LogP contribution in [0.5, 0.6) is 0 Å². The number of benzene rings is 1. The van der Waals surface area contributed by atoms with E-state index < -0.39 is 0 Å². The van der Waals surface area contributed by atoms with Crippen LogP contribution in [0.1, 0.15) is 23.0 Å². The van der Waals surface area contributed by atoms with E-state index in [-0.39, 0.29) is 5.91 Å². The first-order valence-electron chi connectivity index (χ1n) is 9.09. The van der Waals surface area contributed by atoms with Gasteiger partial charge in [-0.3, -0.25) is 9.69 Å². The van der Waals surface area contributed by atoms with Gasteiger partial charge in [-0.15, -0.1) is 10.2 Å². The van der Waals surface area contributed by atoms with Gasteiger partial charge in [0.05, 0.1) is 0 Å². The molecule has 1 saturated heterocycles. The summed E-state index contributed by atoms with van der Waals surface area (Å²) in [4.78, 5) is 18.2. The van der Waals surface area contributed by atoms with Crippen LogP contribution < -0.4 is 4.90 Å². The molecular weight excluding hydrogens is 326 g/mol. The third-order valence-corrected chi connectivity index (χ3v) is 4.64.